The number of halogens is 1. The molecule has 1 heterocycles. The van der Waals surface area contributed by atoms with E-state index >= 15 is 0 Å². The molecule has 0 radical (unpaired) electrons. The van der Waals surface area contributed by atoms with Crippen LogP contribution in [-0.4, -0.2) is 14.9 Å². The quantitative estimate of drug-likeness (QED) is 0.584. The van der Waals surface area contributed by atoms with Crippen molar-refractivity contribution < 1.29 is 4.79 Å². The second-order valence-electron chi connectivity index (χ2n) is 4.14. The molecule has 1 aromatic heterocycles. The van der Waals surface area contributed by atoms with Crippen LogP contribution in [0.4, 0.5) is 0 Å². The molecule has 5 nitrogen and oxygen atoms in total. The highest BCUT2D eigenvalue weighted by molar-refractivity contribution is 14.1. The molecule has 2 aromatic rings. The fourth-order valence-electron chi connectivity index (χ4n) is 1.72. The summed E-state index contributed by atoms with van der Waals surface area (Å²) in [5, 5.41) is 0. The molecule has 2 rings (SSSR count). The molecular formula is C13H11IN2O3. The molecule has 6 heteroatoms. The van der Waals surface area contributed by atoms with Crippen LogP contribution in [0, 0.1) is 3.57 Å². The zero-order valence-corrected chi connectivity index (χ0v) is 12.5. The number of rotatable bonds is 2. The Balaban J connectivity index is 2.60. The molecule has 0 N–H and O–H groups in total. The van der Waals surface area contributed by atoms with Crippen molar-refractivity contribution in [3.8, 4) is 0 Å². The van der Waals surface area contributed by atoms with E-state index in [1.807, 2.05) is 0 Å². The topological polar surface area (TPSA) is 61.1 Å². The Morgan fingerprint density at radius 3 is 2.26 bits per heavy atom. The van der Waals surface area contributed by atoms with Crippen LogP contribution < -0.4 is 11.2 Å². The van der Waals surface area contributed by atoms with Crippen LogP contribution in [0.25, 0.3) is 0 Å². The van der Waals surface area contributed by atoms with E-state index in [1.165, 1.54) is 24.9 Å². The number of hydrogen-bond donors (Lipinski definition) is 0. The van der Waals surface area contributed by atoms with Gasteiger partial charge in [0.2, 0.25) is 0 Å². The van der Waals surface area contributed by atoms with Crippen molar-refractivity contribution in [1.29, 1.82) is 0 Å². The number of nitrogens with zero attached hydrogens (tertiary/aromatic N) is 2. The number of benzene rings is 1. The van der Waals surface area contributed by atoms with E-state index in [9.17, 15) is 14.4 Å². The van der Waals surface area contributed by atoms with Gasteiger partial charge >= 0.3 is 5.69 Å². The van der Waals surface area contributed by atoms with E-state index in [2.05, 4.69) is 22.6 Å². The third-order valence-electron chi connectivity index (χ3n) is 2.80. The van der Waals surface area contributed by atoms with Crippen molar-refractivity contribution in [3.63, 3.8) is 0 Å². The smallest absolute Gasteiger partial charge is 0.303 e. The van der Waals surface area contributed by atoms with Crippen molar-refractivity contribution in [2.75, 3.05) is 0 Å². The predicted molar refractivity (Wildman–Crippen MR) is 79.5 cm³/mol. The second kappa shape index (κ2) is 5.12. The fraction of sp³-hybridized carbons (Fsp3) is 0.154. The van der Waals surface area contributed by atoms with Gasteiger partial charge in [0.1, 0.15) is 5.56 Å². The maximum Gasteiger partial charge on any atom is 0.330 e. The molecule has 0 aliphatic heterocycles. The Labute approximate surface area is 122 Å². The first-order valence-electron chi connectivity index (χ1n) is 5.48. The van der Waals surface area contributed by atoms with Crippen LogP contribution in [0.2, 0.25) is 0 Å². The number of aromatic nitrogens is 2. The normalized spacial score (nSPS) is 10.5. The first-order chi connectivity index (χ1) is 8.91. The molecule has 0 aliphatic carbocycles. The Bertz CT molecular complexity index is 757. The third-order valence-corrected chi connectivity index (χ3v) is 3.52. The highest BCUT2D eigenvalue weighted by Gasteiger charge is 2.16. The minimum Gasteiger partial charge on any atom is -0.303 e. The van der Waals surface area contributed by atoms with Gasteiger partial charge < -0.3 is 4.57 Å². The molecule has 0 fully saturated rings. The maximum atomic E-state index is 12.3. The molecule has 0 saturated carbocycles. The maximum absolute atomic E-state index is 12.3. The first-order valence-corrected chi connectivity index (χ1v) is 6.56. The summed E-state index contributed by atoms with van der Waals surface area (Å²) in [7, 11) is 2.86. The Morgan fingerprint density at radius 1 is 1.11 bits per heavy atom. The first kappa shape index (κ1) is 13.7. The van der Waals surface area contributed by atoms with Gasteiger partial charge in [-0.2, -0.15) is 0 Å². The Hall–Kier alpha value is -1.70. The van der Waals surface area contributed by atoms with Gasteiger partial charge in [0, 0.05) is 29.4 Å². The zero-order chi connectivity index (χ0) is 14.2. The Morgan fingerprint density at radius 2 is 1.68 bits per heavy atom. The standard InChI is InChI=1S/C13H11IN2O3/c1-15-7-10(12(18)16(2)13(15)19)11(17)8-3-5-9(14)6-4-8/h3-7H,1-2H3. The lowest BCUT2D eigenvalue weighted by atomic mass is 10.1. The SMILES string of the molecule is Cn1cc(C(=O)c2ccc(I)cc2)c(=O)n(C)c1=O. The van der Waals surface area contributed by atoms with E-state index < -0.39 is 11.2 Å². The van der Waals surface area contributed by atoms with Crippen LogP contribution in [0.1, 0.15) is 15.9 Å². The third kappa shape index (κ3) is 2.53. The van der Waals surface area contributed by atoms with E-state index in [0.717, 1.165) is 8.14 Å². The molecular weight excluding hydrogens is 359 g/mol. The van der Waals surface area contributed by atoms with Gasteiger partial charge in [0.05, 0.1) is 0 Å². The van der Waals surface area contributed by atoms with E-state index in [0.29, 0.717) is 5.56 Å². The summed E-state index contributed by atoms with van der Waals surface area (Å²) in [5.41, 5.74) is -0.613. The summed E-state index contributed by atoms with van der Waals surface area (Å²) in [4.78, 5) is 35.8. The highest BCUT2D eigenvalue weighted by Crippen LogP contribution is 2.09. The van der Waals surface area contributed by atoms with Gasteiger partial charge in [0.25, 0.3) is 5.56 Å². The molecule has 0 spiro atoms. The van der Waals surface area contributed by atoms with Crippen molar-refractivity contribution in [2.24, 2.45) is 14.1 Å². The van der Waals surface area contributed by atoms with E-state index in [-0.39, 0.29) is 11.3 Å². The number of aryl methyl sites for hydroxylation is 1. The molecule has 0 saturated heterocycles. The van der Waals surface area contributed by atoms with Gasteiger partial charge in [-0.05, 0) is 46.9 Å². The molecule has 0 unspecified atom stereocenters. The number of hydrogen-bond acceptors (Lipinski definition) is 3. The number of carbonyl (C=O) groups is 1. The average Bonchev–Trinajstić information content (AvgIpc) is 2.40. The zero-order valence-electron chi connectivity index (χ0n) is 10.4. The lowest BCUT2D eigenvalue weighted by molar-refractivity contribution is 0.103. The molecule has 0 bridgehead atoms. The molecule has 19 heavy (non-hydrogen) atoms. The van der Waals surface area contributed by atoms with E-state index in [1.54, 1.807) is 24.3 Å². The lowest BCUT2D eigenvalue weighted by Gasteiger charge is -2.06. The van der Waals surface area contributed by atoms with Gasteiger partial charge in [-0.25, -0.2) is 4.79 Å². The summed E-state index contributed by atoms with van der Waals surface area (Å²) in [6.45, 7) is 0. The van der Waals surface area contributed by atoms with Crippen LogP contribution in [0.3, 0.4) is 0 Å². The van der Waals surface area contributed by atoms with Crippen LogP contribution >= 0.6 is 22.6 Å². The van der Waals surface area contributed by atoms with E-state index in [4.69, 9.17) is 0 Å². The molecule has 0 atom stereocenters. The predicted octanol–water partition coefficient (Wildman–Crippen LogP) is 0.920. The molecule has 0 amide bonds. The largest absolute Gasteiger partial charge is 0.330 e. The minimum absolute atomic E-state index is 0.00851. The van der Waals surface area contributed by atoms with Crippen LogP contribution in [0.5, 0.6) is 0 Å². The number of ketones is 1. The highest BCUT2D eigenvalue weighted by atomic mass is 127. The average molecular weight is 370 g/mol. The van der Waals surface area contributed by atoms with Crippen molar-refractivity contribution >= 4 is 28.4 Å². The van der Waals surface area contributed by atoms with Gasteiger partial charge in [-0.3, -0.25) is 14.2 Å². The Kier molecular flexibility index (Phi) is 3.70. The summed E-state index contributed by atoms with van der Waals surface area (Å²) in [6.07, 6.45) is 1.28. The lowest BCUT2D eigenvalue weighted by Crippen LogP contribution is -2.39. The molecule has 1 aromatic carbocycles. The van der Waals surface area contributed by atoms with Crippen LogP contribution in [-0.2, 0) is 14.1 Å². The minimum atomic E-state index is -0.577. The summed E-state index contributed by atoms with van der Waals surface area (Å²) < 4.78 is 3.16. The van der Waals surface area contributed by atoms with Gasteiger partial charge in [0.15, 0.2) is 5.78 Å². The fourth-order valence-corrected chi connectivity index (χ4v) is 2.08. The second-order valence-corrected chi connectivity index (χ2v) is 5.38. The summed E-state index contributed by atoms with van der Waals surface area (Å²) >= 11 is 2.13. The molecule has 0 aliphatic rings. The summed E-state index contributed by atoms with van der Waals surface area (Å²) in [5.74, 6) is -0.382. The van der Waals surface area contributed by atoms with Crippen LogP contribution in [0.15, 0.2) is 40.1 Å². The van der Waals surface area contributed by atoms with Crippen molar-refractivity contribution in [3.05, 3.63) is 66.0 Å². The molecule has 98 valence electrons. The number of carbonyl (C=O) groups excluding carboxylic acids is 1. The van der Waals surface area contributed by atoms with Crippen molar-refractivity contribution in [1.82, 2.24) is 9.13 Å². The van der Waals surface area contributed by atoms with Gasteiger partial charge in [-0.15, -0.1) is 0 Å². The monoisotopic (exact) mass is 370 g/mol. The van der Waals surface area contributed by atoms with Gasteiger partial charge in [-0.1, -0.05) is 0 Å². The summed E-state index contributed by atoms with van der Waals surface area (Å²) in [6, 6.07) is 6.91. The van der Waals surface area contributed by atoms with Crippen molar-refractivity contribution in [2.45, 2.75) is 0 Å².